The van der Waals surface area contributed by atoms with Crippen molar-refractivity contribution in [1.29, 1.82) is 0 Å². The van der Waals surface area contributed by atoms with Gasteiger partial charge in [-0.3, -0.25) is 4.68 Å². The highest BCUT2D eigenvalue weighted by molar-refractivity contribution is 5.79. The molecule has 6 nitrogen and oxygen atoms in total. The van der Waals surface area contributed by atoms with Crippen molar-refractivity contribution >= 4 is 5.96 Å². The molecule has 0 aliphatic heterocycles. The molecule has 1 aromatic heterocycles. The van der Waals surface area contributed by atoms with Gasteiger partial charge in [0.2, 0.25) is 0 Å². The van der Waals surface area contributed by atoms with Crippen molar-refractivity contribution in [3.63, 3.8) is 0 Å². The Morgan fingerprint density at radius 1 is 1.40 bits per heavy atom. The van der Waals surface area contributed by atoms with Crippen molar-refractivity contribution in [3.05, 3.63) is 18.0 Å². The van der Waals surface area contributed by atoms with Gasteiger partial charge in [0.15, 0.2) is 5.96 Å². The van der Waals surface area contributed by atoms with Gasteiger partial charge in [0.25, 0.3) is 0 Å². The Bertz CT molecular complexity index is 594. The van der Waals surface area contributed by atoms with Gasteiger partial charge >= 0.3 is 0 Å². The summed E-state index contributed by atoms with van der Waals surface area (Å²) in [5.41, 5.74) is -0.224. The minimum Gasteiger partial charge on any atom is -0.383 e. The summed E-state index contributed by atoms with van der Waals surface area (Å²) in [5, 5.41) is 21.5. The fourth-order valence-electron chi connectivity index (χ4n) is 4.47. The summed E-state index contributed by atoms with van der Waals surface area (Å²) in [6.45, 7) is 5.92. The molecule has 140 valence electrons. The van der Waals surface area contributed by atoms with E-state index in [4.69, 9.17) is 0 Å². The molecule has 0 saturated heterocycles. The minimum absolute atomic E-state index is 0.308. The number of aliphatic imine (C=N–C) groups is 1. The lowest BCUT2D eigenvalue weighted by Gasteiger charge is -2.23. The normalized spacial score (nSPS) is 28.2. The fraction of sp³-hybridized carbons (Fsp3) is 0.789. The Morgan fingerprint density at radius 3 is 2.84 bits per heavy atom. The first-order chi connectivity index (χ1) is 12.0. The van der Waals surface area contributed by atoms with Crippen LogP contribution >= 0.6 is 0 Å². The average Bonchev–Trinajstić information content (AvgIpc) is 3.29. The number of hydrogen-bond donors (Lipinski definition) is 3. The summed E-state index contributed by atoms with van der Waals surface area (Å²) in [7, 11) is 1.85. The second-order valence-corrected chi connectivity index (χ2v) is 8.02. The zero-order valence-electron chi connectivity index (χ0n) is 15.8. The Kier molecular flexibility index (Phi) is 5.67. The van der Waals surface area contributed by atoms with E-state index < -0.39 is 5.60 Å². The van der Waals surface area contributed by atoms with Gasteiger partial charge in [-0.25, -0.2) is 4.99 Å². The van der Waals surface area contributed by atoms with Crippen molar-refractivity contribution in [1.82, 2.24) is 20.4 Å². The van der Waals surface area contributed by atoms with Crippen LogP contribution < -0.4 is 10.6 Å². The largest absolute Gasteiger partial charge is 0.383 e. The lowest BCUT2D eigenvalue weighted by Crippen LogP contribution is -2.39. The monoisotopic (exact) mass is 347 g/mol. The topological polar surface area (TPSA) is 74.5 Å². The van der Waals surface area contributed by atoms with E-state index in [-0.39, 0.29) is 0 Å². The van der Waals surface area contributed by atoms with Crippen LogP contribution in [0.15, 0.2) is 17.4 Å². The highest BCUT2D eigenvalue weighted by atomic mass is 16.3. The first kappa shape index (κ1) is 18.2. The second kappa shape index (κ2) is 7.77. The SMILES string of the molecule is CCNC(=NCC(C)(O)c1cnn(C)c1)NCCC1CC2CCC1C2. The molecule has 1 aromatic rings. The number of hydrogen-bond acceptors (Lipinski definition) is 3. The van der Waals surface area contributed by atoms with E-state index in [0.29, 0.717) is 6.54 Å². The van der Waals surface area contributed by atoms with Crippen LogP contribution in [0.5, 0.6) is 0 Å². The van der Waals surface area contributed by atoms with Gasteiger partial charge in [0.1, 0.15) is 5.60 Å². The molecule has 6 heteroatoms. The van der Waals surface area contributed by atoms with E-state index in [1.54, 1.807) is 17.8 Å². The molecule has 2 aliphatic carbocycles. The second-order valence-electron chi connectivity index (χ2n) is 8.02. The molecule has 0 spiro atoms. The van der Waals surface area contributed by atoms with Gasteiger partial charge < -0.3 is 15.7 Å². The molecule has 3 rings (SSSR count). The fourth-order valence-corrected chi connectivity index (χ4v) is 4.47. The standard InChI is InChI=1S/C19H33N5O/c1-4-20-18(21-8-7-16-10-14-5-6-15(16)9-14)22-13-19(2,25)17-11-23-24(3)12-17/h11-12,14-16,25H,4-10,13H2,1-3H3,(H2,20,21,22). The Balaban J connectivity index is 1.50. The van der Waals surface area contributed by atoms with Crippen LogP contribution in [0, 0.1) is 17.8 Å². The van der Waals surface area contributed by atoms with E-state index >= 15 is 0 Å². The van der Waals surface area contributed by atoms with E-state index in [9.17, 15) is 5.11 Å². The van der Waals surface area contributed by atoms with E-state index in [2.05, 4.69) is 27.6 Å². The molecule has 0 amide bonds. The summed E-state index contributed by atoms with van der Waals surface area (Å²) in [4.78, 5) is 4.59. The smallest absolute Gasteiger partial charge is 0.191 e. The number of guanidine groups is 1. The first-order valence-corrected chi connectivity index (χ1v) is 9.71. The quantitative estimate of drug-likeness (QED) is 0.521. The predicted octanol–water partition coefficient (Wildman–Crippen LogP) is 2.01. The molecule has 3 N–H and O–H groups in total. The summed E-state index contributed by atoms with van der Waals surface area (Å²) >= 11 is 0. The van der Waals surface area contributed by atoms with Crippen molar-refractivity contribution in [2.45, 2.75) is 51.6 Å². The maximum Gasteiger partial charge on any atom is 0.191 e. The van der Waals surface area contributed by atoms with E-state index in [0.717, 1.165) is 42.4 Å². The first-order valence-electron chi connectivity index (χ1n) is 9.71. The molecule has 2 saturated carbocycles. The van der Waals surface area contributed by atoms with Crippen LogP contribution in [0.4, 0.5) is 0 Å². The predicted molar refractivity (Wildman–Crippen MR) is 100 cm³/mol. The Hall–Kier alpha value is -1.56. The number of aromatic nitrogens is 2. The summed E-state index contributed by atoms with van der Waals surface area (Å²) in [6.07, 6.45) is 10.6. The summed E-state index contributed by atoms with van der Waals surface area (Å²) in [6, 6.07) is 0. The molecular weight excluding hydrogens is 314 g/mol. The summed E-state index contributed by atoms with van der Waals surface area (Å²) < 4.78 is 1.70. The Morgan fingerprint density at radius 2 is 2.24 bits per heavy atom. The number of nitrogens with zero attached hydrogens (tertiary/aromatic N) is 3. The third-order valence-electron chi connectivity index (χ3n) is 5.91. The van der Waals surface area contributed by atoms with Gasteiger partial charge in [0, 0.05) is 31.9 Å². The Labute approximate surface area is 151 Å². The van der Waals surface area contributed by atoms with Gasteiger partial charge in [0.05, 0.1) is 12.7 Å². The zero-order valence-corrected chi connectivity index (χ0v) is 15.8. The number of fused-ring (bicyclic) bond motifs is 2. The van der Waals surface area contributed by atoms with Crippen molar-refractivity contribution in [3.8, 4) is 0 Å². The van der Waals surface area contributed by atoms with Gasteiger partial charge in [-0.05, 0) is 57.3 Å². The highest BCUT2D eigenvalue weighted by Gasteiger charge is 2.38. The molecule has 2 bridgehead atoms. The number of aliphatic hydroxyl groups is 1. The number of rotatable bonds is 7. The van der Waals surface area contributed by atoms with Gasteiger partial charge in [-0.2, -0.15) is 5.10 Å². The lowest BCUT2D eigenvalue weighted by atomic mass is 9.86. The maximum atomic E-state index is 10.7. The molecule has 0 aromatic carbocycles. The summed E-state index contributed by atoms with van der Waals surface area (Å²) in [5.74, 6) is 3.66. The maximum absolute atomic E-state index is 10.7. The minimum atomic E-state index is -1.01. The van der Waals surface area contributed by atoms with E-state index in [1.807, 2.05) is 13.2 Å². The van der Waals surface area contributed by atoms with Crippen LogP contribution in [0.3, 0.4) is 0 Å². The highest BCUT2D eigenvalue weighted by Crippen LogP contribution is 2.49. The molecule has 25 heavy (non-hydrogen) atoms. The third kappa shape index (κ3) is 4.54. The number of aryl methyl sites for hydroxylation is 1. The molecule has 2 fully saturated rings. The van der Waals surface area contributed by atoms with Crippen LogP contribution in [-0.2, 0) is 12.6 Å². The van der Waals surface area contributed by atoms with Crippen LogP contribution in [0.25, 0.3) is 0 Å². The third-order valence-corrected chi connectivity index (χ3v) is 5.91. The molecular formula is C19H33N5O. The van der Waals surface area contributed by atoms with Gasteiger partial charge in [-0.15, -0.1) is 0 Å². The molecule has 1 heterocycles. The number of nitrogens with one attached hydrogen (secondary N) is 2. The molecule has 4 atom stereocenters. The van der Waals surface area contributed by atoms with E-state index in [1.165, 1.54) is 32.1 Å². The molecule has 2 aliphatic rings. The van der Waals surface area contributed by atoms with Crippen LogP contribution in [0.1, 0.15) is 51.5 Å². The van der Waals surface area contributed by atoms with Crippen LogP contribution in [-0.4, -0.2) is 40.5 Å². The van der Waals surface area contributed by atoms with Crippen LogP contribution in [0.2, 0.25) is 0 Å². The molecule has 4 unspecified atom stereocenters. The van der Waals surface area contributed by atoms with Gasteiger partial charge in [-0.1, -0.05) is 6.42 Å². The van der Waals surface area contributed by atoms with Crippen molar-refractivity contribution in [2.24, 2.45) is 29.8 Å². The van der Waals surface area contributed by atoms with Crippen molar-refractivity contribution < 1.29 is 5.11 Å². The molecule has 0 radical (unpaired) electrons. The lowest BCUT2D eigenvalue weighted by molar-refractivity contribution is 0.0672. The van der Waals surface area contributed by atoms with Crippen molar-refractivity contribution in [2.75, 3.05) is 19.6 Å². The zero-order chi connectivity index (χ0) is 17.9. The average molecular weight is 348 g/mol.